The monoisotopic (exact) mass is 339 g/mol. The summed E-state index contributed by atoms with van der Waals surface area (Å²) in [5.74, 6) is 7.65. The van der Waals surface area contributed by atoms with E-state index in [-0.39, 0.29) is 12.0 Å². The lowest BCUT2D eigenvalue weighted by molar-refractivity contribution is -0.119. The third-order valence-electron chi connectivity index (χ3n) is 4.54. The molecule has 1 saturated heterocycles. The normalized spacial score (nSPS) is 22.3. The molecule has 1 aromatic rings. The van der Waals surface area contributed by atoms with Gasteiger partial charge in [-0.25, -0.2) is 4.68 Å². The molecule has 7 nitrogen and oxygen atoms in total. The number of nitrogens with one attached hydrogen (secondary N) is 1. The van der Waals surface area contributed by atoms with E-state index in [4.69, 9.17) is 10.6 Å². The van der Waals surface area contributed by atoms with Crippen LogP contribution in [0.15, 0.2) is 5.16 Å². The summed E-state index contributed by atoms with van der Waals surface area (Å²) in [7, 11) is 0. The summed E-state index contributed by atoms with van der Waals surface area (Å²) in [6.07, 6.45) is 8.27. The Morgan fingerprint density at radius 1 is 1.26 bits per heavy atom. The van der Waals surface area contributed by atoms with Gasteiger partial charge in [0.1, 0.15) is 0 Å². The molecule has 2 fully saturated rings. The molecule has 1 aromatic heterocycles. The molecule has 1 amide bonds. The van der Waals surface area contributed by atoms with Gasteiger partial charge in [0.25, 0.3) is 0 Å². The fourth-order valence-corrected chi connectivity index (χ4v) is 3.93. The predicted molar refractivity (Wildman–Crippen MR) is 88.7 cm³/mol. The first-order valence-corrected chi connectivity index (χ1v) is 9.44. The maximum Gasteiger partial charge on any atom is 0.230 e. The Balaban J connectivity index is 1.46. The Morgan fingerprint density at radius 3 is 2.83 bits per heavy atom. The molecule has 2 heterocycles. The fourth-order valence-electron chi connectivity index (χ4n) is 3.24. The highest BCUT2D eigenvalue weighted by Gasteiger charge is 2.23. The summed E-state index contributed by atoms with van der Waals surface area (Å²) in [6, 6.07) is 0. The van der Waals surface area contributed by atoms with Crippen LogP contribution in [-0.2, 0) is 9.53 Å². The third kappa shape index (κ3) is 4.38. The number of aromatic nitrogens is 3. The Morgan fingerprint density at radius 2 is 2.09 bits per heavy atom. The second-order valence-electron chi connectivity index (χ2n) is 6.27. The average Bonchev–Trinajstić information content (AvgIpc) is 3.22. The van der Waals surface area contributed by atoms with Gasteiger partial charge in [-0.1, -0.05) is 31.0 Å². The first-order valence-electron chi connectivity index (χ1n) is 8.45. The van der Waals surface area contributed by atoms with Gasteiger partial charge in [-0.05, 0) is 25.7 Å². The number of nitrogens with zero attached hydrogens (tertiary/aromatic N) is 3. The molecule has 3 rings (SSSR count). The summed E-state index contributed by atoms with van der Waals surface area (Å²) in [4.78, 5) is 11.9. The first kappa shape index (κ1) is 16.6. The summed E-state index contributed by atoms with van der Waals surface area (Å²) >= 11 is 1.33. The molecule has 1 saturated carbocycles. The number of carbonyl (C=O) groups is 1. The molecular weight excluding hydrogens is 314 g/mol. The molecule has 1 aliphatic heterocycles. The largest absolute Gasteiger partial charge is 0.376 e. The minimum Gasteiger partial charge on any atom is -0.376 e. The summed E-state index contributed by atoms with van der Waals surface area (Å²) in [5.41, 5.74) is 0. The Hall–Kier alpha value is -1.28. The van der Waals surface area contributed by atoms with Crippen molar-refractivity contribution in [1.29, 1.82) is 0 Å². The average molecular weight is 339 g/mol. The fraction of sp³-hybridized carbons (Fsp3) is 0.800. The van der Waals surface area contributed by atoms with Crippen molar-refractivity contribution in [2.75, 3.05) is 24.7 Å². The minimum atomic E-state index is -0.0206. The number of hydrogen-bond acceptors (Lipinski definition) is 6. The zero-order valence-corrected chi connectivity index (χ0v) is 14.2. The van der Waals surface area contributed by atoms with Crippen molar-refractivity contribution in [3.8, 4) is 0 Å². The molecule has 0 radical (unpaired) electrons. The Bertz CT molecular complexity index is 524. The lowest BCUT2D eigenvalue weighted by Crippen LogP contribution is -2.33. The van der Waals surface area contributed by atoms with E-state index in [1.165, 1.54) is 31.0 Å². The smallest absolute Gasteiger partial charge is 0.230 e. The van der Waals surface area contributed by atoms with Gasteiger partial charge in [0.05, 0.1) is 11.9 Å². The highest BCUT2D eigenvalue weighted by atomic mass is 32.2. The number of carbonyl (C=O) groups excluding carboxylic acids is 1. The van der Waals surface area contributed by atoms with E-state index in [0.717, 1.165) is 38.1 Å². The van der Waals surface area contributed by atoms with Gasteiger partial charge in [-0.3, -0.25) is 4.79 Å². The molecular formula is C15H25N5O2S. The van der Waals surface area contributed by atoms with Crippen molar-refractivity contribution in [1.82, 2.24) is 20.2 Å². The molecule has 0 spiro atoms. The second-order valence-corrected chi connectivity index (χ2v) is 7.22. The van der Waals surface area contributed by atoms with Crippen LogP contribution in [0.1, 0.15) is 56.7 Å². The van der Waals surface area contributed by atoms with E-state index < -0.39 is 0 Å². The van der Waals surface area contributed by atoms with Crippen molar-refractivity contribution in [2.45, 2.75) is 62.1 Å². The zero-order chi connectivity index (χ0) is 16.1. The van der Waals surface area contributed by atoms with Crippen molar-refractivity contribution in [3.05, 3.63) is 5.82 Å². The van der Waals surface area contributed by atoms with Crippen LogP contribution in [-0.4, -0.2) is 45.8 Å². The van der Waals surface area contributed by atoms with Gasteiger partial charge in [-0.2, -0.15) is 0 Å². The quantitative estimate of drug-likeness (QED) is 0.601. The molecule has 23 heavy (non-hydrogen) atoms. The minimum absolute atomic E-state index is 0.0206. The number of hydrogen-bond donors (Lipinski definition) is 2. The molecule has 128 valence electrons. The summed E-state index contributed by atoms with van der Waals surface area (Å²) in [5, 5.41) is 11.9. The van der Waals surface area contributed by atoms with Gasteiger partial charge in [0.2, 0.25) is 11.1 Å². The molecule has 0 bridgehead atoms. The summed E-state index contributed by atoms with van der Waals surface area (Å²) in [6.45, 7) is 1.39. The van der Waals surface area contributed by atoms with Crippen molar-refractivity contribution >= 4 is 17.7 Å². The van der Waals surface area contributed by atoms with Crippen LogP contribution in [0.25, 0.3) is 0 Å². The van der Waals surface area contributed by atoms with Crippen LogP contribution in [0.2, 0.25) is 0 Å². The number of thioether (sulfide) groups is 1. The van der Waals surface area contributed by atoms with E-state index in [1.54, 1.807) is 4.68 Å². The number of ether oxygens (including phenoxy) is 1. The Labute approximate surface area is 140 Å². The molecule has 8 heteroatoms. The van der Waals surface area contributed by atoms with E-state index in [2.05, 4.69) is 15.5 Å². The molecule has 3 N–H and O–H groups in total. The third-order valence-corrected chi connectivity index (χ3v) is 5.49. The molecule has 0 aromatic carbocycles. The summed E-state index contributed by atoms with van der Waals surface area (Å²) < 4.78 is 7.05. The molecule has 2 aliphatic rings. The number of nitrogens with two attached hydrogens (primary N) is 1. The highest BCUT2D eigenvalue weighted by Crippen LogP contribution is 2.32. The predicted octanol–water partition coefficient (Wildman–Crippen LogP) is 1.43. The Kier molecular flexibility index (Phi) is 5.77. The van der Waals surface area contributed by atoms with Crippen molar-refractivity contribution < 1.29 is 9.53 Å². The highest BCUT2D eigenvalue weighted by molar-refractivity contribution is 7.99. The molecule has 1 atom stereocenters. The zero-order valence-electron chi connectivity index (χ0n) is 13.4. The molecule has 1 unspecified atom stereocenters. The van der Waals surface area contributed by atoms with Gasteiger partial charge in [0.15, 0.2) is 5.82 Å². The van der Waals surface area contributed by atoms with Crippen LogP contribution < -0.4 is 11.2 Å². The van der Waals surface area contributed by atoms with E-state index in [9.17, 15) is 4.79 Å². The maximum absolute atomic E-state index is 11.9. The van der Waals surface area contributed by atoms with Gasteiger partial charge < -0.3 is 15.9 Å². The van der Waals surface area contributed by atoms with E-state index in [0.29, 0.717) is 23.4 Å². The lowest BCUT2D eigenvalue weighted by Gasteiger charge is -2.20. The van der Waals surface area contributed by atoms with Gasteiger partial charge >= 0.3 is 0 Å². The van der Waals surface area contributed by atoms with Crippen LogP contribution in [0, 0.1) is 0 Å². The second kappa shape index (κ2) is 8.01. The SMILES string of the molecule is Nn1c(SCC(=O)NCC2CCCO2)nnc1C1CCCCC1. The van der Waals surface area contributed by atoms with E-state index >= 15 is 0 Å². The number of nitrogen functional groups attached to an aromatic ring is 1. The standard InChI is InChI=1S/C15H25N5O2S/c16-20-14(11-5-2-1-3-6-11)18-19-15(20)23-10-13(21)17-9-12-7-4-8-22-12/h11-12H,1-10,16H2,(H,17,21). The van der Waals surface area contributed by atoms with Crippen molar-refractivity contribution in [2.24, 2.45) is 0 Å². The topological polar surface area (TPSA) is 95.1 Å². The number of rotatable bonds is 6. The van der Waals surface area contributed by atoms with Gasteiger partial charge in [-0.15, -0.1) is 10.2 Å². The van der Waals surface area contributed by atoms with Gasteiger partial charge in [0, 0.05) is 19.1 Å². The molecule has 1 aliphatic carbocycles. The first-order chi connectivity index (χ1) is 11.2. The number of amides is 1. The van der Waals surface area contributed by atoms with E-state index in [1.807, 2.05) is 0 Å². The van der Waals surface area contributed by atoms with Crippen LogP contribution in [0.4, 0.5) is 0 Å². The maximum atomic E-state index is 11.9. The van der Waals surface area contributed by atoms with Crippen LogP contribution >= 0.6 is 11.8 Å². The lowest BCUT2D eigenvalue weighted by atomic mass is 9.89. The van der Waals surface area contributed by atoms with Crippen molar-refractivity contribution in [3.63, 3.8) is 0 Å². The van der Waals surface area contributed by atoms with Crippen LogP contribution in [0.5, 0.6) is 0 Å². The van der Waals surface area contributed by atoms with Crippen LogP contribution in [0.3, 0.4) is 0 Å².